The van der Waals surface area contributed by atoms with Crippen LogP contribution in [0.5, 0.6) is 11.5 Å². The van der Waals surface area contributed by atoms with Crippen LogP contribution in [0.4, 0.5) is 0 Å². The number of nitrogens with one attached hydrogen (secondary N) is 1. The highest BCUT2D eigenvalue weighted by molar-refractivity contribution is 7.89. The molecule has 0 saturated carbocycles. The lowest BCUT2D eigenvalue weighted by atomic mass is 10.1. The van der Waals surface area contributed by atoms with Gasteiger partial charge in [0.25, 0.3) is 0 Å². The molecular formula is C18H23NO4S. The summed E-state index contributed by atoms with van der Waals surface area (Å²) in [5.41, 5.74) is 2.09. The van der Waals surface area contributed by atoms with E-state index in [2.05, 4.69) is 4.72 Å². The van der Waals surface area contributed by atoms with Crippen LogP contribution in [0.15, 0.2) is 47.4 Å². The number of aryl methyl sites for hydroxylation is 1. The van der Waals surface area contributed by atoms with Crippen molar-refractivity contribution in [1.82, 2.24) is 4.72 Å². The van der Waals surface area contributed by atoms with Crippen LogP contribution in [0.3, 0.4) is 0 Å². The van der Waals surface area contributed by atoms with Crippen LogP contribution in [0.1, 0.15) is 18.1 Å². The zero-order valence-electron chi connectivity index (χ0n) is 14.2. The van der Waals surface area contributed by atoms with Crippen molar-refractivity contribution in [1.29, 1.82) is 0 Å². The van der Waals surface area contributed by atoms with Crippen LogP contribution in [-0.4, -0.2) is 28.7 Å². The fraction of sp³-hybridized carbons (Fsp3) is 0.333. The Bertz CT molecular complexity index is 770. The molecule has 6 heteroatoms. The molecule has 0 bridgehead atoms. The second kappa shape index (κ2) is 8.17. The second-order valence-corrected chi connectivity index (χ2v) is 7.13. The lowest BCUT2D eigenvalue weighted by Gasteiger charge is -2.11. The molecule has 0 radical (unpaired) electrons. The Hall–Kier alpha value is -2.05. The predicted octanol–water partition coefficient (Wildman–Crippen LogP) is 2.92. The number of methoxy groups -OCH3 is 1. The molecule has 0 aliphatic carbocycles. The number of hydrogen-bond donors (Lipinski definition) is 1. The van der Waals surface area contributed by atoms with E-state index in [0.717, 1.165) is 16.9 Å². The Morgan fingerprint density at radius 3 is 2.42 bits per heavy atom. The number of rotatable bonds is 8. The predicted molar refractivity (Wildman–Crippen MR) is 94.2 cm³/mol. The third-order valence-electron chi connectivity index (χ3n) is 3.57. The third-order valence-corrected chi connectivity index (χ3v) is 5.04. The first-order chi connectivity index (χ1) is 11.5. The second-order valence-electron chi connectivity index (χ2n) is 5.37. The van der Waals surface area contributed by atoms with Gasteiger partial charge in [-0.25, -0.2) is 13.1 Å². The molecule has 0 amide bonds. The van der Waals surface area contributed by atoms with Crippen molar-refractivity contribution in [2.75, 3.05) is 20.3 Å². The molecule has 2 rings (SSSR count). The van der Waals surface area contributed by atoms with Crippen LogP contribution in [-0.2, 0) is 16.4 Å². The summed E-state index contributed by atoms with van der Waals surface area (Å²) in [7, 11) is -1.93. The summed E-state index contributed by atoms with van der Waals surface area (Å²) < 4.78 is 37.9. The van der Waals surface area contributed by atoms with Gasteiger partial charge in [-0.1, -0.05) is 17.7 Å². The standard InChI is InChI=1S/C18H23NO4S/c1-4-23-16-6-8-17(9-7-16)24(20,21)19-12-11-15-13-14(2)5-10-18(15)22-3/h5-10,13,19H,4,11-12H2,1-3H3. The number of benzene rings is 2. The van der Waals surface area contributed by atoms with Crippen molar-refractivity contribution in [3.8, 4) is 11.5 Å². The summed E-state index contributed by atoms with van der Waals surface area (Å²) in [5, 5.41) is 0. The van der Waals surface area contributed by atoms with Gasteiger partial charge in [-0.2, -0.15) is 0 Å². The molecule has 0 spiro atoms. The smallest absolute Gasteiger partial charge is 0.240 e. The SMILES string of the molecule is CCOc1ccc(S(=O)(=O)NCCc2cc(C)ccc2OC)cc1. The largest absolute Gasteiger partial charge is 0.496 e. The molecule has 0 aliphatic heterocycles. The van der Waals surface area contributed by atoms with Crippen molar-refractivity contribution >= 4 is 10.0 Å². The first-order valence-corrected chi connectivity index (χ1v) is 9.30. The molecule has 0 saturated heterocycles. The quantitative estimate of drug-likeness (QED) is 0.796. The van der Waals surface area contributed by atoms with E-state index < -0.39 is 10.0 Å². The van der Waals surface area contributed by atoms with Crippen molar-refractivity contribution in [2.45, 2.75) is 25.2 Å². The highest BCUT2D eigenvalue weighted by Gasteiger charge is 2.14. The van der Waals surface area contributed by atoms with Gasteiger partial charge in [0.15, 0.2) is 0 Å². The lowest BCUT2D eigenvalue weighted by molar-refractivity contribution is 0.340. The summed E-state index contributed by atoms with van der Waals surface area (Å²) in [6, 6.07) is 12.3. The Morgan fingerprint density at radius 1 is 1.08 bits per heavy atom. The van der Waals surface area contributed by atoms with E-state index in [4.69, 9.17) is 9.47 Å². The van der Waals surface area contributed by atoms with E-state index in [1.807, 2.05) is 32.0 Å². The molecule has 0 heterocycles. The number of hydrogen-bond acceptors (Lipinski definition) is 4. The third kappa shape index (κ3) is 4.72. The molecule has 0 aliphatic rings. The van der Waals surface area contributed by atoms with Crippen molar-refractivity contribution in [3.63, 3.8) is 0 Å². The number of sulfonamides is 1. The fourth-order valence-electron chi connectivity index (χ4n) is 2.39. The topological polar surface area (TPSA) is 64.6 Å². The molecule has 0 atom stereocenters. The first-order valence-electron chi connectivity index (χ1n) is 7.82. The zero-order valence-corrected chi connectivity index (χ0v) is 15.0. The molecule has 130 valence electrons. The Labute approximate surface area is 143 Å². The van der Waals surface area contributed by atoms with Gasteiger partial charge in [-0.05, 0) is 56.2 Å². The van der Waals surface area contributed by atoms with E-state index in [1.165, 1.54) is 0 Å². The summed E-state index contributed by atoms with van der Waals surface area (Å²) in [4.78, 5) is 0.224. The van der Waals surface area contributed by atoms with E-state index in [9.17, 15) is 8.42 Å². The Balaban J connectivity index is 2.01. The zero-order chi connectivity index (χ0) is 17.6. The van der Waals surface area contributed by atoms with Gasteiger partial charge in [-0.15, -0.1) is 0 Å². The van der Waals surface area contributed by atoms with Gasteiger partial charge in [0.1, 0.15) is 11.5 Å². The van der Waals surface area contributed by atoms with Crippen molar-refractivity contribution in [3.05, 3.63) is 53.6 Å². The maximum Gasteiger partial charge on any atom is 0.240 e. The maximum absolute atomic E-state index is 12.3. The Kier molecular flexibility index (Phi) is 6.23. The van der Waals surface area contributed by atoms with Gasteiger partial charge >= 0.3 is 0 Å². The molecule has 0 fully saturated rings. The minimum absolute atomic E-state index is 0.224. The minimum atomic E-state index is -3.54. The van der Waals surface area contributed by atoms with E-state index >= 15 is 0 Å². The summed E-state index contributed by atoms with van der Waals surface area (Å²) >= 11 is 0. The molecular weight excluding hydrogens is 326 g/mol. The van der Waals surface area contributed by atoms with Gasteiger partial charge in [0.05, 0.1) is 18.6 Å². The van der Waals surface area contributed by atoms with Crippen LogP contribution in [0.25, 0.3) is 0 Å². The molecule has 0 unspecified atom stereocenters. The van der Waals surface area contributed by atoms with E-state index in [-0.39, 0.29) is 4.90 Å². The summed E-state index contributed by atoms with van der Waals surface area (Å²) in [5.74, 6) is 1.42. The summed E-state index contributed by atoms with van der Waals surface area (Å²) in [6.07, 6.45) is 0.557. The van der Waals surface area contributed by atoms with Crippen molar-refractivity contribution < 1.29 is 17.9 Å². The van der Waals surface area contributed by atoms with Crippen LogP contribution < -0.4 is 14.2 Å². The van der Waals surface area contributed by atoms with Crippen LogP contribution >= 0.6 is 0 Å². The lowest BCUT2D eigenvalue weighted by Crippen LogP contribution is -2.26. The van der Waals surface area contributed by atoms with Gasteiger partial charge in [-0.3, -0.25) is 0 Å². The monoisotopic (exact) mass is 349 g/mol. The number of ether oxygens (including phenoxy) is 2. The molecule has 2 aromatic carbocycles. The van der Waals surface area contributed by atoms with Gasteiger partial charge in [0.2, 0.25) is 10.0 Å². The van der Waals surface area contributed by atoms with Crippen LogP contribution in [0.2, 0.25) is 0 Å². The maximum atomic E-state index is 12.3. The Morgan fingerprint density at radius 2 is 1.79 bits per heavy atom. The fourth-order valence-corrected chi connectivity index (χ4v) is 3.42. The van der Waals surface area contributed by atoms with Gasteiger partial charge < -0.3 is 9.47 Å². The molecule has 24 heavy (non-hydrogen) atoms. The average Bonchev–Trinajstić information content (AvgIpc) is 2.56. The highest BCUT2D eigenvalue weighted by atomic mass is 32.2. The molecule has 5 nitrogen and oxygen atoms in total. The van der Waals surface area contributed by atoms with Gasteiger partial charge in [0, 0.05) is 6.54 Å². The van der Waals surface area contributed by atoms with Crippen LogP contribution in [0, 0.1) is 6.92 Å². The molecule has 1 N–H and O–H groups in total. The highest BCUT2D eigenvalue weighted by Crippen LogP contribution is 2.20. The minimum Gasteiger partial charge on any atom is -0.496 e. The van der Waals surface area contributed by atoms with E-state index in [0.29, 0.717) is 25.3 Å². The molecule has 0 aromatic heterocycles. The summed E-state index contributed by atoms with van der Waals surface area (Å²) in [6.45, 7) is 4.72. The normalized spacial score (nSPS) is 11.3. The first kappa shape index (κ1) is 18.3. The average molecular weight is 349 g/mol. The van der Waals surface area contributed by atoms with Crippen molar-refractivity contribution in [2.24, 2.45) is 0 Å². The van der Waals surface area contributed by atoms with E-state index in [1.54, 1.807) is 31.4 Å². The molecule has 2 aromatic rings.